The van der Waals surface area contributed by atoms with Crippen molar-refractivity contribution in [2.75, 3.05) is 46.4 Å². The lowest BCUT2D eigenvalue weighted by molar-refractivity contribution is -0.120. The second kappa shape index (κ2) is 12.8. The fourth-order valence-electron chi connectivity index (χ4n) is 3.88. The third-order valence-electron chi connectivity index (χ3n) is 5.92. The standard InChI is InChI=1S/C27H31ClN2O8S/c1-17(18-7-10-23(35-3)25(13-18)37-5)29-27(31)16-30(21-14-19(28)8-11-22(21)34-2)39(32,33)20-9-12-24(36-4)26(15-20)38-6/h7-15,17H,16H2,1-6H3,(H,29,31). The molecule has 0 fully saturated rings. The number of halogens is 1. The van der Waals surface area contributed by atoms with E-state index in [4.69, 9.17) is 35.3 Å². The van der Waals surface area contributed by atoms with Crippen LogP contribution >= 0.6 is 11.6 Å². The Hall–Kier alpha value is -3.83. The Kier molecular flexibility index (Phi) is 9.76. The normalized spacial score (nSPS) is 11.8. The van der Waals surface area contributed by atoms with Crippen LogP contribution in [0.15, 0.2) is 59.5 Å². The van der Waals surface area contributed by atoms with Gasteiger partial charge in [-0.2, -0.15) is 0 Å². The molecular formula is C27H31ClN2O8S. The minimum absolute atomic E-state index is 0.0914. The van der Waals surface area contributed by atoms with Gasteiger partial charge in [0.15, 0.2) is 23.0 Å². The molecule has 0 heterocycles. The van der Waals surface area contributed by atoms with E-state index < -0.39 is 28.5 Å². The van der Waals surface area contributed by atoms with Crippen LogP contribution in [-0.4, -0.2) is 56.4 Å². The molecule has 0 radical (unpaired) electrons. The first-order chi connectivity index (χ1) is 18.6. The summed E-state index contributed by atoms with van der Waals surface area (Å²) in [7, 11) is 2.96. The van der Waals surface area contributed by atoms with E-state index in [1.54, 1.807) is 31.2 Å². The summed E-state index contributed by atoms with van der Waals surface area (Å²) in [5.41, 5.74) is 0.823. The van der Waals surface area contributed by atoms with E-state index in [9.17, 15) is 13.2 Å². The lowest BCUT2D eigenvalue weighted by Gasteiger charge is -2.27. The van der Waals surface area contributed by atoms with E-state index in [1.807, 2.05) is 0 Å². The monoisotopic (exact) mass is 578 g/mol. The summed E-state index contributed by atoms with van der Waals surface area (Å²) in [6.07, 6.45) is 0. The highest BCUT2D eigenvalue weighted by Gasteiger charge is 2.31. The lowest BCUT2D eigenvalue weighted by Crippen LogP contribution is -2.41. The molecular weight excluding hydrogens is 548 g/mol. The average Bonchev–Trinajstić information content (AvgIpc) is 2.94. The largest absolute Gasteiger partial charge is 0.495 e. The van der Waals surface area contributed by atoms with Gasteiger partial charge < -0.3 is 29.0 Å². The molecule has 1 N–H and O–H groups in total. The Bertz CT molecular complexity index is 1430. The summed E-state index contributed by atoms with van der Waals surface area (Å²) >= 11 is 6.22. The van der Waals surface area contributed by atoms with Crippen molar-refractivity contribution in [3.05, 3.63) is 65.2 Å². The molecule has 0 saturated carbocycles. The zero-order valence-electron chi connectivity index (χ0n) is 22.5. The fraction of sp³-hybridized carbons (Fsp3) is 0.296. The molecule has 0 bridgehead atoms. The highest BCUT2D eigenvalue weighted by Crippen LogP contribution is 2.37. The van der Waals surface area contributed by atoms with Crippen LogP contribution in [0.1, 0.15) is 18.5 Å². The van der Waals surface area contributed by atoms with E-state index in [0.717, 1.165) is 9.87 Å². The van der Waals surface area contributed by atoms with Crippen LogP contribution in [0.4, 0.5) is 5.69 Å². The first kappa shape index (κ1) is 29.7. The third kappa shape index (κ3) is 6.61. The van der Waals surface area contributed by atoms with Crippen molar-refractivity contribution in [3.63, 3.8) is 0 Å². The minimum atomic E-state index is -4.31. The number of nitrogens with zero attached hydrogens (tertiary/aromatic N) is 1. The van der Waals surface area contributed by atoms with Gasteiger partial charge in [0.2, 0.25) is 5.91 Å². The van der Waals surface area contributed by atoms with E-state index >= 15 is 0 Å². The summed E-state index contributed by atoms with van der Waals surface area (Å²) < 4.78 is 55.4. The number of hydrogen-bond donors (Lipinski definition) is 1. The van der Waals surface area contributed by atoms with Crippen molar-refractivity contribution in [2.45, 2.75) is 17.9 Å². The number of carbonyl (C=O) groups excluding carboxylic acids is 1. The number of sulfonamides is 1. The second-order valence-corrected chi connectivity index (χ2v) is 10.5. The summed E-state index contributed by atoms with van der Waals surface area (Å²) in [4.78, 5) is 13.2. The van der Waals surface area contributed by atoms with Gasteiger partial charge in [0, 0.05) is 11.1 Å². The molecule has 0 aliphatic heterocycles. The van der Waals surface area contributed by atoms with Gasteiger partial charge in [0.05, 0.1) is 52.2 Å². The van der Waals surface area contributed by atoms with Gasteiger partial charge in [0.25, 0.3) is 10.0 Å². The highest BCUT2D eigenvalue weighted by atomic mass is 35.5. The van der Waals surface area contributed by atoms with Crippen molar-refractivity contribution in [1.29, 1.82) is 0 Å². The molecule has 12 heteroatoms. The Morgan fingerprint density at radius 1 is 0.795 bits per heavy atom. The summed E-state index contributed by atoms with van der Waals surface area (Å²) in [5.74, 6) is 1.25. The van der Waals surface area contributed by atoms with Gasteiger partial charge in [-0.05, 0) is 55.0 Å². The molecule has 10 nitrogen and oxygen atoms in total. The number of anilines is 1. The molecule has 210 valence electrons. The topological polar surface area (TPSA) is 113 Å². The Balaban J connectivity index is 2.00. The fourth-order valence-corrected chi connectivity index (χ4v) is 5.49. The van der Waals surface area contributed by atoms with E-state index in [1.165, 1.54) is 65.9 Å². The van der Waals surface area contributed by atoms with Crippen LogP contribution in [0.2, 0.25) is 5.02 Å². The molecule has 1 amide bonds. The minimum Gasteiger partial charge on any atom is -0.495 e. The van der Waals surface area contributed by atoms with Crippen molar-refractivity contribution in [1.82, 2.24) is 5.32 Å². The number of amides is 1. The second-order valence-electron chi connectivity index (χ2n) is 8.25. The number of rotatable bonds is 12. The number of nitrogens with one attached hydrogen (secondary N) is 1. The lowest BCUT2D eigenvalue weighted by atomic mass is 10.1. The number of methoxy groups -OCH3 is 5. The zero-order valence-corrected chi connectivity index (χ0v) is 24.1. The van der Waals surface area contributed by atoms with Crippen LogP contribution in [0.5, 0.6) is 28.7 Å². The van der Waals surface area contributed by atoms with Crippen LogP contribution in [-0.2, 0) is 14.8 Å². The number of carbonyl (C=O) groups is 1. The maximum atomic E-state index is 13.9. The van der Waals surface area contributed by atoms with E-state index in [-0.39, 0.29) is 27.1 Å². The number of hydrogen-bond acceptors (Lipinski definition) is 8. The summed E-state index contributed by atoms with van der Waals surface area (Å²) in [5, 5.41) is 3.10. The van der Waals surface area contributed by atoms with Gasteiger partial charge >= 0.3 is 0 Å². The van der Waals surface area contributed by atoms with Gasteiger partial charge in [-0.1, -0.05) is 17.7 Å². The Morgan fingerprint density at radius 2 is 1.33 bits per heavy atom. The molecule has 3 aromatic rings. The van der Waals surface area contributed by atoms with Crippen LogP contribution in [0.25, 0.3) is 0 Å². The van der Waals surface area contributed by atoms with Gasteiger partial charge in [-0.25, -0.2) is 8.42 Å². The Labute approximate surface area is 233 Å². The van der Waals surface area contributed by atoms with Gasteiger partial charge in [0.1, 0.15) is 12.3 Å². The molecule has 0 aromatic heterocycles. The van der Waals surface area contributed by atoms with E-state index in [2.05, 4.69) is 5.32 Å². The van der Waals surface area contributed by atoms with Crippen molar-refractivity contribution >= 4 is 33.2 Å². The molecule has 0 spiro atoms. The zero-order chi connectivity index (χ0) is 28.7. The first-order valence-electron chi connectivity index (χ1n) is 11.7. The summed E-state index contributed by atoms with van der Waals surface area (Å²) in [6.45, 7) is 1.21. The van der Waals surface area contributed by atoms with E-state index in [0.29, 0.717) is 17.2 Å². The number of ether oxygens (including phenoxy) is 5. The molecule has 0 aliphatic carbocycles. The smallest absolute Gasteiger partial charge is 0.265 e. The van der Waals surface area contributed by atoms with Gasteiger partial charge in [-0.3, -0.25) is 9.10 Å². The first-order valence-corrected chi connectivity index (χ1v) is 13.5. The average molecular weight is 579 g/mol. The quantitative estimate of drug-likeness (QED) is 0.335. The molecule has 1 unspecified atom stereocenters. The predicted molar refractivity (Wildman–Crippen MR) is 148 cm³/mol. The maximum absolute atomic E-state index is 13.9. The van der Waals surface area contributed by atoms with Crippen LogP contribution in [0, 0.1) is 0 Å². The maximum Gasteiger partial charge on any atom is 0.265 e. The molecule has 3 aromatic carbocycles. The molecule has 1 atom stereocenters. The summed E-state index contributed by atoms with van der Waals surface area (Å²) in [6, 6.07) is 13.4. The molecule has 39 heavy (non-hydrogen) atoms. The Morgan fingerprint density at radius 3 is 1.92 bits per heavy atom. The van der Waals surface area contributed by atoms with Crippen molar-refractivity contribution in [3.8, 4) is 28.7 Å². The van der Waals surface area contributed by atoms with Gasteiger partial charge in [-0.15, -0.1) is 0 Å². The molecule has 0 saturated heterocycles. The highest BCUT2D eigenvalue weighted by molar-refractivity contribution is 7.92. The third-order valence-corrected chi connectivity index (χ3v) is 7.92. The SMILES string of the molecule is COc1ccc(C(C)NC(=O)CN(c2cc(Cl)ccc2OC)S(=O)(=O)c2ccc(OC)c(OC)c2)cc1OC. The molecule has 3 rings (SSSR count). The number of benzene rings is 3. The van der Waals surface area contributed by atoms with Crippen LogP contribution < -0.4 is 33.3 Å². The van der Waals surface area contributed by atoms with Crippen LogP contribution in [0.3, 0.4) is 0 Å². The van der Waals surface area contributed by atoms with Crippen molar-refractivity contribution < 1.29 is 36.9 Å². The predicted octanol–water partition coefficient (Wildman–Crippen LogP) is 4.46. The molecule has 0 aliphatic rings. The van der Waals surface area contributed by atoms with Crippen molar-refractivity contribution in [2.24, 2.45) is 0 Å².